The second kappa shape index (κ2) is 4.93. The van der Waals surface area contributed by atoms with E-state index in [4.69, 9.17) is 4.74 Å². The summed E-state index contributed by atoms with van der Waals surface area (Å²) in [5, 5.41) is 11.4. The van der Waals surface area contributed by atoms with Crippen molar-refractivity contribution < 1.29 is 4.74 Å². The Labute approximate surface area is 109 Å². The molecule has 0 amide bonds. The second-order valence-electron chi connectivity index (χ2n) is 3.91. The first-order chi connectivity index (χ1) is 9.38. The fourth-order valence-electron chi connectivity index (χ4n) is 1.84. The Morgan fingerprint density at radius 3 is 3.05 bits per heavy atom. The van der Waals surface area contributed by atoms with Gasteiger partial charge in [-0.2, -0.15) is 5.10 Å². The van der Waals surface area contributed by atoms with Gasteiger partial charge in [0.05, 0.1) is 18.3 Å². The summed E-state index contributed by atoms with van der Waals surface area (Å²) in [6.45, 7) is 2.48. The lowest BCUT2D eigenvalue weighted by Crippen LogP contribution is -2.01. The number of aromatic amines is 1. The summed E-state index contributed by atoms with van der Waals surface area (Å²) in [7, 11) is 0. The Kier molecular flexibility index (Phi) is 2.97. The number of ether oxygens (including phenoxy) is 1. The van der Waals surface area contributed by atoms with E-state index >= 15 is 0 Å². The van der Waals surface area contributed by atoms with Crippen LogP contribution in [0, 0.1) is 0 Å². The van der Waals surface area contributed by atoms with Crippen molar-refractivity contribution in [1.82, 2.24) is 20.2 Å². The third kappa shape index (κ3) is 2.20. The smallest absolute Gasteiger partial charge is 0.180 e. The third-order valence-electron chi connectivity index (χ3n) is 2.69. The summed E-state index contributed by atoms with van der Waals surface area (Å²) in [6.07, 6.45) is 3.10. The second-order valence-corrected chi connectivity index (χ2v) is 3.91. The zero-order valence-electron chi connectivity index (χ0n) is 10.4. The van der Waals surface area contributed by atoms with Gasteiger partial charge in [0.2, 0.25) is 0 Å². The highest BCUT2D eigenvalue weighted by Gasteiger charge is 2.09. The zero-order valence-corrected chi connectivity index (χ0v) is 10.4. The van der Waals surface area contributed by atoms with E-state index < -0.39 is 0 Å². The van der Waals surface area contributed by atoms with Gasteiger partial charge in [0.25, 0.3) is 0 Å². The topological polar surface area (TPSA) is 75.7 Å². The van der Waals surface area contributed by atoms with Crippen LogP contribution in [0.3, 0.4) is 0 Å². The van der Waals surface area contributed by atoms with Crippen LogP contribution in [0.2, 0.25) is 0 Å². The average Bonchev–Trinajstić information content (AvgIpc) is 2.85. The van der Waals surface area contributed by atoms with Gasteiger partial charge in [-0.3, -0.25) is 5.10 Å². The van der Waals surface area contributed by atoms with E-state index in [0.717, 1.165) is 16.7 Å². The predicted octanol–water partition coefficient (Wildman–Crippen LogP) is 2.50. The molecule has 2 heterocycles. The van der Waals surface area contributed by atoms with Crippen molar-refractivity contribution in [3.05, 3.63) is 36.8 Å². The Balaban J connectivity index is 1.97. The third-order valence-corrected chi connectivity index (χ3v) is 2.69. The fourth-order valence-corrected chi connectivity index (χ4v) is 1.84. The van der Waals surface area contributed by atoms with Gasteiger partial charge in [-0.25, -0.2) is 9.97 Å². The van der Waals surface area contributed by atoms with E-state index in [9.17, 15) is 0 Å². The first kappa shape index (κ1) is 11.5. The van der Waals surface area contributed by atoms with Gasteiger partial charge in [0.1, 0.15) is 6.33 Å². The van der Waals surface area contributed by atoms with Crippen LogP contribution >= 0.6 is 0 Å². The number of nitrogens with zero attached hydrogens (tertiary/aromatic N) is 3. The van der Waals surface area contributed by atoms with Gasteiger partial charge in [-0.05, 0) is 19.1 Å². The summed E-state index contributed by atoms with van der Waals surface area (Å²) in [5.41, 5.74) is 0.969. The normalized spacial score (nSPS) is 10.6. The molecule has 0 saturated heterocycles. The number of para-hydroxylation sites is 1. The van der Waals surface area contributed by atoms with Crippen LogP contribution in [0.25, 0.3) is 10.9 Å². The van der Waals surface area contributed by atoms with Crippen LogP contribution in [-0.4, -0.2) is 26.8 Å². The van der Waals surface area contributed by atoms with E-state index in [1.54, 1.807) is 6.20 Å². The molecule has 3 aromatic rings. The molecule has 0 aliphatic heterocycles. The molecule has 0 bridgehead atoms. The van der Waals surface area contributed by atoms with Gasteiger partial charge >= 0.3 is 0 Å². The maximum atomic E-state index is 5.47. The van der Waals surface area contributed by atoms with E-state index in [-0.39, 0.29) is 0 Å². The molecule has 0 atom stereocenters. The number of rotatable bonds is 4. The molecule has 0 aliphatic carbocycles. The molecule has 6 nitrogen and oxygen atoms in total. The highest BCUT2D eigenvalue weighted by molar-refractivity contribution is 5.91. The van der Waals surface area contributed by atoms with Crippen LogP contribution in [0.5, 0.6) is 5.75 Å². The quantitative estimate of drug-likeness (QED) is 0.749. The van der Waals surface area contributed by atoms with Crippen LogP contribution in [-0.2, 0) is 0 Å². The highest BCUT2D eigenvalue weighted by Crippen LogP contribution is 2.27. The van der Waals surface area contributed by atoms with Crippen LogP contribution < -0.4 is 10.1 Å². The predicted molar refractivity (Wildman–Crippen MR) is 72.6 cm³/mol. The van der Waals surface area contributed by atoms with E-state index in [2.05, 4.69) is 25.5 Å². The summed E-state index contributed by atoms with van der Waals surface area (Å²) in [6, 6.07) is 7.88. The van der Waals surface area contributed by atoms with Gasteiger partial charge in [-0.15, -0.1) is 0 Å². The number of hydrogen-bond acceptors (Lipinski definition) is 5. The van der Waals surface area contributed by atoms with Crippen molar-refractivity contribution in [3.63, 3.8) is 0 Å². The number of nitrogens with one attached hydrogen (secondary N) is 2. The maximum Gasteiger partial charge on any atom is 0.180 e. The molecule has 1 aromatic carbocycles. The van der Waals surface area contributed by atoms with Gasteiger partial charge in [0, 0.05) is 5.39 Å². The Morgan fingerprint density at radius 1 is 1.26 bits per heavy atom. The molecule has 0 radical (unpaired) electrons. The Bertz CT molecular complexity index is 694. The molecule has 0 saturated carbocycles. The number of fused-ring (bicyclic) bond motifs is 1. The lowest BCUT2D eigenvalue weighted by Gasteiger charge is -2.08. The van der Waals surface area contributed by atoms with Crippen molar-refractivity contribution in [3.8, 4) is 5.75 Å². The molecule has 2 aromatic heterocycles. The van der Waals surface area contributed by atoms with Crippen molar-refractivity contribution >= 4 is 22.5 Å². The maximum absolute atomic E-state index is 5.47. The number of hydrogen-bond donors (Lipinski definition) is 2. The summed E-state index contributed by atoms with van der Waals surface area (Å²) in [4.78, 5) is 8.13. The van der Waals surface area contributed by atoms with Crippen molar-refractivity contribution in [2.45, 2.75) is 6.92 Å². The van der Waals surface area contributed by atoms with Crippen molar-refractivity contribution in [2.24, 2.45) is 0 Å². The molecular weight excluding hydrogens is 242 g/mol. The molecule has 6 heteroatoms. The van der Waals surface area contributed by atoms with Gasteiger partial charge < -0.3 is 10.1 Å². The van der Waals surface area contributed by atoms with Crippen LogP contribution in [0.15, 0.2) is 36.8 Å². The largest absolute Gasteiger partial charge is 0.488 e. The van der Waals surface area contributed by atoms with E-state index in [1.165, 1.54) is 6.33 Å². The molecule has 19 heavy (non-hydrogen) atoms. The van der Waals surface area contributed by atoms with Gasteiger partial charge in [0.15, 0.2) is 17.4 Å². The van der Waals surface area contributed by atoms with Crippen molar-refractivity contribution in [1.29, 1.82) is 0 Å². The summed E-state index contributed by atoms with van der Waals surface area (Å²) < 4.78 is 5.47. The number of anilines is 2. The first-order valence-electron chi connectivity index (χ1n) is 6.01. The van der Waals surface area contributed by atoms with Crippen LogP contribution in [0.1, 0.15) is 6.92 Å². The fraction of sp³-hybridized carbons (Fsp3) is 0.154. The molecule has 2 N–H and O–H groups in total. The number of benzene rings is 1. The first-order valence-corrected chi connectivity index (χ1v) is 6.01. The molecule has 0 aliphatic rings. The molecule has 0 spiro atoms. The number of H-pyrrole nitrogens is 1. The van der Waals surface area contributed by atoms with E-state index in [1.807, 2.05) is 31.2 Å². The SMILES string of the molecule is CCOc1cncnc1Nc1n[nH]c2ccccc12. The van der Waals surface area contributed by atoms with Crippen molar-refractivity contribution in [2.75, 3.05) is 11.9 Å². The molecule has 96 valence electrons. The highest BCUT2D eigenvalue weighted by atomic mass is 16.5. The molecule has 3 rings (SSSR count). The van der Waals surface area contributed by atoms with Gasteiger partial charge in [-0.1, -0.05) is 12.1 Å². The Morgan fingerprint density at radius 2 is 2.16 bits per heavy atom. The standard InChI is InChI=1S/C13H13N5O/c1-2-19-11-7-14-8-15-13(11)16-12-9-5-3-4-6-10(9)17-18-12/h3-8H,2H2,1H3,(H2,14,15,16,17,18). The minimum Gasteiger partial charge on any atom is -0.488 e. The summed E-state index contributed by atoms with van der Waals surface area (Å²) >= 11 is 0. The van der Waals surface area contributed by atoms with Crippen LogP contribution in [0.4, 0.5) is 11.6 Å². The lowest BCUT2D eigenvalue weighted by atomic mass is 10.2. The van der Waals surface area contributed by atoms with E-state index in [0.29, 0.717) is 18.2 Å². The number of aromatic nitrogens is 4. The minimum absolute atomic E-state index is 0.559. The molecule has 0 unspecified atom stereocenters. The average molecular weight is 255 g/mol. The zero-order chi connectivity index (χ0) is 13.1. The monoisotopic (exact) mass is 255 g/mol. The minimum atomic E-state index is 0.559. The Hall–Kier alpha value is -2.63. The molecule has 0 fully saturated rings. The molecular formula is C13H13N5O. The lowest BCUT2D eigenvalue weighted by molar-refractivity contribution is 0.339. The summed E-state index contributed by atoms with van der Waals surface area (Å²) in [5.74, 6) is 1.93.